The molecule has 4 N–H and O–H groups in total. The standard InChI is InChI=1S/C21H24Cl2O6/c1-28-10-13-8-16(23)12(6-11-2-4-14(22)5-3-11)7-15(13)21-20(27)19(26)18(25)17(9-24)29-21/h2-5,7-8,17-21,24-27H,6,9-10H2,1H3/t17-,18-,19+,20-,21+/m1/s1. The fraction of sp³-hybridized carbons (Fsp3) is 0.429. The Kier molecular flexibility index (Phi) is 7.53. The van der Waals surface area contributed by atoms with Crippen molar-refractivity contribution in [2.75, 3.05) is 13.7 Å². The third kappa shape index (κ3) is 4.93. The van der Waals surface area contributed by atoms with Crippen molar-refractivity contribution in [3.63, 3.8) is 0 Å². The van der Waals surface area contributed by atoms with Gasteiger partial charge in [0.15, 0.2) is 0 Å². The van der Waals surface area contributed by atoms with Crippen LogP contribution in [0.4, 0.5) is 0 Å². The highest BCUT2D eigenvalue weighted by atomic mass is 35.5. The Morgan fingerprint density at radius 1 is 0.966 bits per heavy atom. The van der Waals surface area contributed by atoms with Crippen LogP contribution in [0, 0.1) is 0 Å². The van der Waals surface area contributed by atoms with Crippen molar-refractivity contribution in [1.29, 1.82) is 0 Å². The van der Waals surface area contributed by atoms with Gasteiger partial charge >= 0.3 is 0 Å². The normalized spacial score (nSPS) is 27.2. The predicted molar refractivity (Wildman–Crippen MR) is 109 cm³/mol. The molecule has 0 unspecified atom stereocenters. The van der Waals surface area contributed by atoms with Crippen molar-refractivity contribution in [3.8, 4) is 0 Å². The van der Waals surface area contributed by atoms with Gasteiger partial charge in [0.1, 0.15) is 30.5 Å². The topological polar surface area (TPSA) is 99.4 Å². The summed E-state index contributed by atoms with van der Waals surface area (Å²) in [5.74, 6) is 0. The molecule has 1 aliphatic heterocycles. The zero-order valence-electron chi connectivity index (χ0n) is 15.8. The van der Waals surface area contributed by atoms with E-state index in [-0.39, 0.29) is 6.61 Å². The van der Waals surface area contributed by atoms with E-state index >= 15 is 0 Å². The van der Waals surface area contributed by atoms with E-state index in [4.69, 9.17) is 32.7 Å². The van der Waals surface area contributed by atoms with E-state index in [2.05, 4.69) is 0 Å². The van der Waals surface area contributed by atoms with Crippen LogP contribution in [0.3, 0.4) is 0 Å². The minimum atomic E-state index is -1.46. The van der Waals surface area contributed by atoms with Crippen molar-refractivity contribution < 1.29 is 29.9 Å². The third-order valence-electron chi connectivity index (χ3n) is 5.11. The van der Waals surface area contributed by atoms with E-state index < -0.39 is 37.1 Å². The average Bonchev–Trinajstić information content (AvgIpc) is 2.70. The molecule has 0 aliphatic carbocycles. The highest BCUT2D eigenvalue weighted by molar-refractivity contribution is 6.31. The molecule has 0 spiro atoms. The van der Waals surface area contributed by atoms with Crippen LogP contribution in [-0.4, -0.2) is 58.6 Å². The Balaban J connectivity index is 2.00. The van der Waals surface area contributed by atoms with Gasteiger partial charge in [-0.2, -0.15) is 0 Å². The second-order valence-electron chi connectivity index (χ2n) is 7.13. The van der Waals surface area contributed by atoms with Gasteiger partial charge in [-0.1, -0.05) is 41.4 Å². The fourth-order valence-electron chi connectivity index (χ4n) is 3.54. The number of aliphatic hydroxyl groups excluding tert-OH is 4. The minimum Gasteiger partial charge on any atom is -0.394 e. The van der Waals surface area contributed by atoms with Gasteiger partial charge in [0.25, 0.3) is 0 Å². The second kappa shape index (κ2) is 9.73. The highest BCUT2D eigenvalue weighted by Gasteiger charge is 2.44. The molecule has 3 rings (SSSR count). The first-order valence-corrected chi connectivity index (χ1v) is 9.96. The Morgan fingerprint density at radius 3 is 2.28 bits per heavy atom. The molecule has 6 nitrogen and oxygen atoms in total. The molecule has 1 saturated heterocycles. The number of ether oxygens (including phenoxy) is 2. The Labute approximate surface area is 179 Å². The fourth-order valence-corrected chi connectivity index (χ4v) is 3.92. The number of rotatable bonds is 6. The van der Waals surface area contributed by atoms with Gasteiger partial charge in [-0.05, 0) is 46.9 Å². The van der Waals surface area contributed by atoms with Gasteiger partial charge in [-0.15, -0.1) is 0 Å². The largest absolute Gasteiger partial charge is 0.394 e. The molecule has 5 atom stereocenters. The minimum absolute atomic E-state index is 0.214. The van der Waals surface area contributed by atoms with Crippen LogP contribution < -0.4 is 0 Å². The lowest BCUT2D eigenvalue weighted by atomic mass is 9.87. The molecule has 0 amide bonds. The van der Waals surface area contributed by atoms with Crippen molar-refractivity contribution in [3.05, 3.63) is 68.7 Å². The number of methoxy groups -OCH3 is 1. The summed E-state index contributed by atoms with van der Waals surface area (Å²) in [4.78, 5) is 0. The van der Waals surface area contributed by atoms with E-state index in [1.165, 1.54) is 7.11 Å². The number of aliphatic hydroxyl groups is 4. The van der Waals surface area contributed by atoms with E-state index in [1.807, 2.05) is 12.1 Å². The summed E-state index contributed by atoms with van der Waals surface area (Å²) in [7, 11) is 1.53. The van der Waals surface area contributed by atoms with Gasteiger partial charge in [0.2, 0.25) is 0 Å². The van der Waals surface area contributed by atoms with Gasteiger partial charge < -0.3 is 29.9 Å². The van der Waals surface area contributed by atoms with Crippen molar-refractivity contribution in [2.45, 2.75) is 43.5 Å². The number of benzene rings is 2. The molecular formula is C21H24Cl2O6. The summed E-state index contributed by atoms with van der Waals surface area (Å²) >= 11 is 12.4. The summed E-state index contributed by atoms with van der Waals surface area (Å²) < 4.78 is 11.0. The zero-order chi connectivity index (χ0) is 21.1. The molecule has 0 bridgehead atoms. The first-order valence-electron chi connectivity index (χ1n) is 9.20. The maximum atomic E-state index is 10.5. The SMILES string of the molecule is COCc1cc(Cl)c(Cc2ccc(Cl)cc2)cc1[C@@H]1O[C@H](CO)[C@@H](O)[C@H](O)[C@H]1O. The molecule has 1 fully saturated rings. The van der Waals surface area contributed by atoms with Gasteiger partial charge in [0, 0.05) is 17.2 Å². The van der Waals surface area contributed by atoms with Crippen LogP contribution in [0.15, 0.2) is 36.4 Å². The monoisotopic (exact) mass is 442 g/mol. The van der Waals surface area contributed by atoms with Crippen LogP contribution in [0.5, 0.6) is 0 Å². The second-order valence-corrected chi connectivity index (χ2v) is 7.97. The maximum absolute atomic E-state index is 10.5. The first-order chi connectivity index (χ1) is 13.8. The number of hydrogen-bond donors (Lipinski definition) is 4. The summed E-state index contributed by atoms with van der Waals surface area (Å²) in [5.41, 5.74) is 3.05. The van der Waals surface area contributed by atoms with Crippen LogP contribution >= 0.6 is 23.2 Å². The smallest absolute Gasteiger partial charge is 0.113 e. The molecule has 0 radical (unpaired) electrons. The van der Waals surface area contributed by atoms with E-state index in [9.17, 15) is 20.4 Å². The summed E-state index contributed by atoms with van der Waals surface area (Å²) in [6.45, 7) is -0.280. The summed E-state index contributed by atoms with van der Waals surface area (Å²) in [6.07, 6.45) is -5.70. The molecule has 8 heteroatoms. The van der Waals surface area contributed by atoms with Gasteiger partial charge in [-0.3, -0.25) is 0 Å². The quantitative estimate of drug-likeness (QED) is 0.547. The van der Waals surface area contributed by atoms with Crippen LogP contribution in [0.1, 0.15) is 28.4 Å². The third-order valence-corrected chi connectivity index (χ3v) is 5.72. The molecule has 158 valence electrons. The van der Waals surface area contributed by atoms with Crippen LogP contribution in [0.2, 0.25) is 10.0 Å². The molecule has 29 heavy (non-hydrogen) atoms. The lowest BCUT2D eigenvalue weighted by molar-refractivity contribution is -0.232. The zero-order valence-corrected chi connectivity index (χ0v) is 17.3. The van der Waals surface area contributed by atoms with Crippen LogP contribution in [0.25, 0.3) is 0 Å². The van der Waals surface area contributed by atoms with E-state index in [0.717, 1.165) is 11.1 Å². The summed E-state index contributed by atoms with van der Waals surface area (Å²) in [5, 5.41) is 41.4. The maximum Gasteiger partial charge on any atom is 0.113 e. The van der Waals surface area contributed by atoms with Crippen LogP contribution in [-0.2, 0) is 22.5 Å². The van der Waals surface area contributed by atoms with Gasteiger partial charge in [-0.25, -0.2) is 0 Å². The molecule has 1 heterocycles. The lowest BCUT2D eigenvalue weighted by Crippen LogP contribution is -2.55. The average molecular weight is 443 g/mol. The molecule has 2 aromatic rings. The van der Waals surface area contributed by atoms with Crippen molar-refractivity contribution >= 4 is 23.2 Å². The van der Waals surface area contributed by atoms with Crippen molar-refractivity contribution in [2.24, 2.45) is 0 Å². The van der Waals surface area contributed by atoms with Gasteiger partial charge in [0.05, 0.1) is 13.2 Å². The van der Waals surface area contributed by atoms with E-state index in [0.29, 0.717) is 27.6 Å². The Morgan fingerprint density at radius 2 is 1.66 bits per heavy atom. The molecule has 2 aromatic carbocycles. The van der Waals surface area contributed by atoms with E-state index in [1.54, 1.807) is 24.3 Å². The molecule has 0 aromatic heterocycles. The lowest BCUT2D eigenvalue weighted by Gasteiger charge is -2.41. The Hall–Kier alpha value is -1.22. The molecule has 0 saturated carbocycles. The highest BCUT2D eigenvalue weighted by Crippen LogP contribution is 2.37. The molecular weight excluding hydrogens is 419 g/mol. The molecule has 1 aliphatic rings. The Bertz CT molecular complexity index is 827. The first kappa shape index (κ1) is 22.5. The summed E-state index contributed by atoms with van der Waals surface area (Å²) in [6, 6.07) is 10.9. The number of halogens is 2. The predicted octanol–water partition coefficient (Wildman–Crippen LogP) is 2.25. The van der Waals surface area contributed by atoms with Crippen molar-refractivity contribution in [1.82, 2.24) is 0 Å². The number of hydrogen-bond acceptors (Lipinski definition) is 6.